The van der Waals surface area contributed by atoms with Crippen molar-refractivity contribution in [2.75, 3.05) is 24.6 Å². The molecule has 1 aliphatic heterocycles. The first-order valence-electron chi connectivity index (χ1n) is 9.72. The smallest absolute Gasteiger partial charge is 0.263 e. The molecular weight excluding hydrogens is 384 g/mol. The van der Waals surface area contributed by atoms with Crippen LogP contribution in [0, 0.1) is 6.92 Å². The van der Waals surface area contributed by atoms with Gasteiger partial charge >= 0.3 is 0 Å². The summed E-state index contributed by atoms with van der Waals surface area (Å²) in [6.45, 7) is 6.79. The maximum absolute atomic E-state index is 12.7. The van der Waals surface area contributed by atoms with Crippen LogP contribution in [0.2, 0.25) is 0 Å². The molecule has 0 bridgehead atoms. The van der Waals surface area contributed by atoms with Gasteiger partial charge in [-0.3, -0.25) is 4.79 Å². The van der Waals surface area contributed by atoms with Crippen molar-refractivity contribution in [3.05, 3.63) is 64.8 Å². The predicted molar refractivity (Wildman–Crippen MR) is 115 cm³/mol. The summed E-state index contributed by atoms with van der Waals surface area (Å²) >= 11 is 1.42. The average molecular weight is 409 g/mol. The van der Waals surface area contributed by atoms with Crippen LogP contribution >= 0.6 is 11.3 Å². The van der Waals surface area contributed by atoms with E-state index < -0.39 is 0 Å². The number of aromatic nitrogens is 2. The average Bonchev–Trinajstić information content (AvgIpc) is 3.15. The molecule has 2 aromatic heterocycles. The van der Waals surface area contributed by atoms with Crippen LogP contribution in [0.3, 0.4) is 0 Å². The quantitative estimate of drug-likeness (QED) is 0.698. The van der Waals surface area contributed by atoms with Gasteiger partial charge < -0.3 is 15.0 Å². The van der Waals surface area contributed by atoms with Crippen molar-refractivity contribution in [3.8, 4) is 10.6 Å². The van der Waals surface area contributed by atoms with Crippen molar-refractivity contribution in [3.63, 3.8) is 0 Å². The van der Waals surface area contributed by atoms with Crippen molar-refractivity contribution in [2.24, 2.45) is 0 Å². The highest BCUT2D eigenvalue weighted by atomic mass is 32.1. The first-order valence-corrected chi connectivity index (χ1v) is 10.5. The first-order chi connectivity index (χ1) is 14.1. The summed E-state index contributed by atoms with van der Waals surface area (Å²) in [5, 5.41) is 3.85. The molecule has 6 nitrogen and oxygen atoms in total. The molecule has 1 fully saturated rings. The van der Waals surface area contributed by atoms with Gasteiger partial charge in [-0.15, -0.1) is 11.3 Å². The van der Waals surface area contributed by atoms with Crippen molar-refractivity contribution < 1.29 is 9.53 Å². The second-order valence-corrected chi connectivity index (χ2v) is 8.13. The zero-order chi connectivity index (χ0) is 20.2. The zero-order valence-electron chi connectivity index (χ0n) is 16.6. The molecule has 1 aromatic carbocycles. The Morgan fingerprint density at radius 2 is 2.10 bits per heavy atom. The topological polar surface area (TPSA) is 67.4 Å². The molecule has 0 spiro atoms. The number of morpholine rings is 1. The van der Waals surface area contributed by atoms with Crippen LogP contribution in [0.4, 0.5) is 5.82 Å². The minimum Gasteiger partial charge on any atom is -0.375 e. The standard InChI is InChI=1S/C22H24N4O2S/c1-15-14-26(10-11-28-15)19-9-8-17(12-23-19)13-24-21(27)20-16(2)25-22(29-20)18-6-4-3-5-7-18/h3-9,12,15H,10-11,13-14H2,1-2H3,(H,24,27). The molecule has 1 unspecified atom stereocenters. The van der Waals surface area contributed by atoms with Crippen molar-refractivity contribution in [1.82, 2.24) is 15.3 Å². The van der Waals surface area contributed by atoms with Gasteiger partial charge in [-0.2, -0.15) is 0 Å². The fourth-order valence-corrected chi connectivity index (χ4v) is 4.30. The van der Waals surface area contributed by atoms with E-state index in [1.54, 1.807) is 0 Å². The Balaban J connectivity index is 1.38. The van der Waals surface area contributed by atoms with Crippen LogP contribution in [0.1, 0.15) is 27.9 Å². The molecule has 3 aromatic rings. The third kappa shape index (κ3) is 4.63. The van der Waals surface area contributed by atoms with E-state index >= 15 is 0 Å². The summed E-state index contributed by atoms with van der Waals surface area (Å²) in [5.74, 6) is 0.842. The molecule has 1 atom stereocenters. The number of nitrogens with one attached hydrogen (secondary N) is 1. The number of carbonyl (C=O) groups is 1. The molecule has 0 aliphatic carbocycles. The highest BCUT2D eigenvalue weighted by molar-refractivity contribution is 7.17. The maximum atomic E-state index is 12.7. The Bertz CT molecular complexity index is 972. The van der Waals surface area contributed by atoms with E-state index in [0.29, 0.717) is 11.4 Å². The Kier molecular flexibility index (Phi) is 5.87. The Morgan fingerprint density at radius 3 is 2.83 bits per heavy atom. The minimum absolute atomic E-state index is 0.103. The SMILES string of the molecule is Cc1nc(-c2ccccc2)sc1C(=O)NCc1ccc(N2CCOC(C)C2)nc1. The number of aryl methyl sites for hydroxylation is 1. The molecule has 150 valence electrons. The van der Waals surface area contributed by atoms with E-state index in [1.165, 1.54) is 11.3 Å². The van der Waals surface area contributed by atoms with Gasteiger partial charge in [0, 0.05) is 31.4 Å². The van der Waals surface area contributed by atoms with Gasteiger partial charge in [0.2, 0.25) is 0 Å². The summed E-state index contributed by atoms with van der Waals surface area (Å²) in [7, 11) is 0. The lowest BCUT2D eigenvalue weighted by molar-refractivity contribution is 0.0529. The van der Waals surface area contributed by atoms with E-state index in [1.807, 2.05) is 55.6 Å². The number of nitrogens with zero attached hydrogens (tertiary/aromatic N) is 3. The van der Waals surface area contributed by atoms with Gasteiger partial charge in [0.05, 0.1) is 18.4 Å². The van der Waals surface area contributed by atoms with Crippen molar-refractivity contribution >= 4 is 23.1 Å². The Hall–Kier alpha value is -2.77. The highest BCUT2D eigenvalue weighted by Crippen LogP contribution is 2.27. The molecule has 29 heavy (non-hydrogen) atoms. The third-order valence-corrected chi connectivity index (χ3v) is 6.06. The lowest BCUT2D eigenvalue weighted by Gasteiger charge is -2.32. The van der Waals surface area contributed by atoms with Crippen molar-refractivity contribution in [1.29, 1.82) is 0 Å². The van der Waals surface area contributed by atoms with E-state index in [2.05, 4.69) is 27.1 Å². The lowest BCUT2D eigenvalue weighted by atomic mass is 10.2. The van der Waals surface area contributed by atoms with Crippen LogP contribution in [0.25, 0.3) is 10.6 Å². The number of benzene rings is 1. The van der Waals surface area contributed by atoms with Crippen LogP contribution in [-0.2, 0) is 11.3 Å². The summed E-state index contributed by atoms with van der Waals surface area (Å²) in [6, 6.07) is 13.9. The first kappa shape index (κ1) is 19.5. The molecule has 3 heterocycles. The number of ether oxygens (including phenoxy) is 1. The largest absolute Gasteiger partial charge is 0.375 e. The third-order valence-electron chi connectivity index (χ3n) is 4.85. The summed E-state index contributed by atoms with van der Waals surface area (Å²) in [6.07, 6.45) is 2.04. The normalized spacial score (nSPS) is 16.6. The van der Waals surface area contributed by atoms with Gasteiger partial charge in [-0.25, -0.2) is 9.97 Å². The highest BCUT2D eigenvalue weighted by Gasteiger charge is 2.18. The van der Waals surface area contributed by atoms with Crippen molar-refractivity contribution in [2.45, 2.75) is 26.5 Å². The van der Waals surface area contributed by atoms with Gasteiger partial charge in [0.15, 0.2) is 0 Å². The Labute approximate surface area is 174 Å². The van der Waals surface area contributed by atoms with Gasteiger partial charge in [-0.05, 0) is 25.5 Å². The molecule has 4 rings (SSSR count). The molecule has 7 heteroatoms. The maximum Gasteiger partial charge on any atom is 0.263 e. The van der Waals surface area contributed by atoms with Gasteiger partial charge in [0.1, 0.15) is 15.7 Å². The van der Waals surface area contributed by atoms with Crippen LogP contribution in [0.5, 0.6) is 0 Å². The van der Waals surface area contributed by atoms with E-state index in [9.17, 15) is 4.79 Å². The van der Waals surface area contributed by atoms with Gasteiger partial charge in [0.25, 0.3) is 5.91 Å². The molecular formula is C22H24N4O2S. The number of hydrogen-bond acceptors (Lipinski definition) is 6. The van der Waals surface area contributed by atoms with Crippen LogP contribution < -0.4 is 10.2 Å². The lowest BCUT2D eigenvalue weighted by Crippen LogP contribution is -2.41. The number of hydrogen-bond donors (Lipinski definition) is 1. The number of carbonyl (C=O) groups excluding carboxylic acids is 1. The number of pyridine rings is 1. The minimum atomic E-state index is -0.103. The molecule has 1 aliphatic rings. The second-order valence-electron chi connectivity index (χ2n) is 7.13. The fourth-order valence-electron chi connectivity index (χ4n) is 3.31. The molecule has 1 saturated heterocycles. The van der Waals surface area contributed by atoms with Crippen LogP contribution in [-0.4, -0.2) is 41.7 Å². The fraction of sp³-hybridized carbons (Fsp3) is 0.318. The monoisotopic (exact) mass is 408 g/mol. The van der Waals surface area contributed by atoms with Gasteiger partial charge in [-0.1, -0.05) is 36.4 Å². The summed E-state index contributed by atoms with van der Waals surface area (Å²) in [4.78, 5) is 24.6. The van der Waals surface area contributed by atoms with Crippen LogP contribution in [0.15, 0.2) is 48.7 Å². The number of thiazole rings is 1. The molecule has 1 N–H and O–H groups in total. The number of rotatable bonds is 5. The summed E-state index contributed by atoms with van der Waals surface area (Å²) < 4.78 is 5.58. The van der Waals surface area contributed by atoms with E-state index in [-0.39, 0.29) is 12.0 Å². The second kappa shape index (κ2) is 8.71. The summed E-state index contributed by atoms with van der Waals surface area (Å²) in [5.41, 5.74) is 2.74. The zero-order valence-corrected chi connectivity index (χ0v) is 17.4. The van der Waals surface area contributed by atoms with E-state index in [0.717, 1.165) is 47.3 Å². The number of amides is 1. The number of anilines is 1. The molecule has 0 saturated carbocycles. The molecule has 1 amide bonds. The predicted octanol–water partition coefficient (Wildman–Crippen LogP) is 3.67. The van der Waals surface area contributed by atoms with E-state index in [4.69, 9.17) is 4.74 Å². The molecule has 0 radical (unpaired) electrons. The Morgan fingerprint density at radius 1 is 1.28 bits per heavy atom.